The molecule has 0 atom stereocenters. The average Bonchev–Trinajstić information content (AvgIpc) is 3.16. The van der Waals surface area contributed by atoms with E-state index in [1.165, 1.54) is 12.8 Å². The molecule has 1 fully saturated rings. The number of hydrogen-bond acceptors (Lipinski definition) is 5. The number of pyridine rings is 1. The number of anilines is 2. The quantitative estimate of drug-likeness (QED) is 0.771. The summed E-state index contributed by atoms with van der Waals surface area (Å²) in [5.41, 5.74) is 2.31. The Labute approximate surface area is 153 Å². The van der Waals surface area contributed by atoms with Gasteiger partial charge in [0.2, 0.25) is 0 Å². The van der Waals surface area contributed by atoms with E-state index in [0.29, 0.717) is 29.6 Å². The first kappa shape index (κ1) is 17.9. The van der Waals surface area contributed by atoms with Crippen LogP contribution in [-0.4, -0.2) is 29.5 Å². The van der Waals surface area contributed by atoms with Crippen LogP contribution in [-0.2, 0) is 4.74 Å². The summed E-state index contributed by atoms with van der Waals surface area (Å²) in [6, 6.07) is 10.7. The van der Waals surface area contributed by atoms with Gasteiger partial charge < -0.3 is 15.4 Å². The number of esters is 1. The van der Waals surface area contributed by atoms with Gasteiger partial charge in [0.1, 0.15) is 5.69 Å². The van der Waals surface area contributed by atoms with Gasteiger partial charge in [-0.15, -0.1) is 0 Å². The predicted octanol–water partition coefficient (Wildman–Crippen LogP) is 3.87. The number of aromatic nitrogens is 1. The van der Waals surface area contributed by atoms with E-state index in [1.807, 2.05) is 6.07 Å². The Morgan fingerprint density at radius 3 is 2.54 bits per heavy atom. The van der Waals surface area contributed by atoms with Crippen LogP contribution in [0, 0.1) is 0 Å². The zero-order valence-electron chi connectivity index (χ0n) is 14.8. The number of carbonyl (C=O) groups excluding carboxylic acids is 2. The molecule has 2 N–H and O–H groups in total. The maximum atomic E-state index is 12.4. The van der Waals surface area contributed by atoms with Gasteiger partial charge in [0, 0.05) is 23.6 Å². The number of hydrogen-bond donors (Lipinski definition) is 2. The van der Waals surface area contributed by atoms with Crippen LogP contribution in [0.3, 0.4) is 0 Å². The standard InChI is InChI=1S/C20H23N3O3/c1-2-26-20(25)14-7-9-16(10-8-14)23-19(24)18-13-17(11-12-21-18)22-15-5-3-4-6-15/h7-13,15H,2-6H2,1H3,(H,21,22)(H,23,24). The maximum Gasteiger partial charge on any atom is 0.338 e. The molecule has 6 nitrogen and oxygen atoms in total. The minimum absolute atomic E-state index is 0.288. The van der Waals surface area contributed by atoms with E-state index in [9.17, 15) is 9.59 Å². The first-order chi connectivity index (χ1) is 12.7. The van der Waals surface area contributed by atoms with Crippen molar-refractivity contribution in [1.29, 1.82) is 0 Å². The van der Waals surface area contributed by atoms with Crippen LogP contribution < -0.4 is 10.6 Å². The topological polar surface area (TPSA) is 80.3 Å². The van der Waals surface area contributed by atoms with E-state index in [4.69, 9.17) is 4.74 Å². The third-order valence-corrected chi connectivity index (χ3v) is 4.37. The van der Waals surface area contributed by atoms with Crippen molar-refractivity contribution in [1.82, 2.24) is 4.98 Å². The fourth-order valence-corrected chi connectivity index (χ4v) is 3.05. The summed E-state index contributed by atoms with van der Waals surface area (Å²) in [5.74, 6) is -0.665. The largest absolute Gasteiger partial charge is 0.462 e. The molecule has 1 saturated carbocycles. The molecule has 136 valence electrons. The van der Waals surface area contributed by atoms with Crippen molar-refractivity contribution in [2.24, 2.45) is 0 Å². The van der Waals surface area contributed by atoms with Crippen molar-refractivity contribution < 1.29 is 14.3 Å². The van der Waals surface area contributed by atoms with Gasteiger partial charge in [0.25, 0.3) is 5.91 Å². The Hall–Kier alpha value is -2.89. The molecule has 26 heavy (non-hydrogen) atoms. The van der Waals surface area contributed by atoms with E-state index in [1.54, 1.807) is 43.5 Å². The van der Waals surface area contributed by atoms with Gasteiger partial charge in [-0.05, 0) is 56.2 Å². The average molecular weight is 353 g/mol. The number of benzene rings is 1. The van der Waals surface area contributed by atoms with Crippen molar-refractivity contribution in [3.05, 3.63) is 53.9 Å². The highest BCUT2D eigenvalue weighted by Gasteiger charge is 2.15. The van der Waals surface area contributed by atoms with Gasteiger partial charge in [-0.3, -0.25) is 9.78 Å². The summed E-state index contributed by atoms with van der Waals surface area (Å²) in [4.78, 5) is 28.2. The summed E-state index contributed by atoms with van der Waals surface area (Å²) >= 11 is 0. The lowest BCUT2D eigenvalue weighted by molar-refractivity contribution is 0.0526. The van der Waals surface area contributed by atoms with Crippen molar-refractivity contribution in [3.8, 4) is 0 Å². The number of nitrogens with one attached hydrogen (secondary N) is 2. The molecule has 1 aliphatic carbocycles. The van der Waals surface area contributed by atoms with Gasteiger partial charge >= 0.3 is 5.97 Å². The Bertz CT molecular complexity index is 768. The van der Waals surface area contributed by atoms with Crippen LogP contribution in [0.25, 0.3) is 0 Å². The van der Waals surface area contributed by atoms with Crippen LogP contribution in [0.2, 0.25) is 0 Å². The van der Waals surface area contributed by atoms with Crippen LogP contribution in [0.1, 0.15) is 53.5 Å². The first-order valence-corrected chi connectivity index (χ1v) is 8.97. The third kappa shape index (κ3) is 4.59. The number of carbonyl (C=O) groups is 2. The third-order valence-electron chi connectivity index (χ3n) is 4.37. The second kappa shape index (κ2) is 8.47. The Balaban J connectivity index is 1.63. The van der Waals surface area contributed by atoms with Gasteiger partial charge in [0.05, 0.1) is 12.2 Å². The molecule has 0 bridgehead atoms. The molecule has 1 heterocycles. The number of nitrogens with zero attached hydrogens (tertiary/aromatic N) is 1. The predicted molar refractivity (Wildman–Crippen MR) is 100 cm³/mol. The fraction of sp³-hybridized carbons (Fsp3) is 0.350. The molecule has 3 rings (SSSR count). The van der Waals surface area contributed by atoms with Crippen LogP contribution in [0.15, 0.2) is 42.6 Å². The molecular weight excluding hydrogens is 330 g/mol. The lowest BCUT2D eigenvalue weighted by Gasteiger charge is -2.14. The number of amides is 1. The smallest absolute Gasteiger partial charge is 0.338 e. The van der Waals surface area contributed by atoms with E-state index < -0.39 is 0 Å². The Morgan fingerprint density at radius 1 is 1.12 bits per heavy atom. The molecule has 0 aliphatic heterocycles. The van der Waals surface area contributed by atoms with Crippen molar-refractivity contribution >= 4 is 23.3 Å². The van der Waals surface area contributed by atoms with Crippen molar-refractivity contribution in [2.45, 2.75) is 38.6 Å². The van der Waals surface area contributed by atoms with Gasteiger partial charge in [0.15, 0.2) is 0 Å². The highest BCUT2D eigenvalue weighted by Crippen LogP contribution is 2.22. The highest BCUT2D eigenvalue weighted by atomic mass is 16.5. The minimum atomic E-state index is -0.377. The molecule has 0 saturated heterocycles. The fourth-order valence-electron chi connectivity index (χ4n) is 3.05. The molecule has 0 unspecified atom stereocenters. The normalized spacial score (nSPS) is 14.0. The van der Waals surface area contributed by atoms with Crippen molar-refractivity contribution in [3.63, 3.8) is 0 Å². The molecule has 6 heteroatoms. The van der Waals surface area contributed by atoms with E-state index >= 15 is 0 Å². The SMILES string of the molecule is CCOC(=O)c1ccc(NC(=O)c2cc(NC3CCCC3)ccn2)cc1. The van der Waals surface area contributed by atoms with Gasteiger partial charge in [-0.25, -0.2) is 4.79 Å². The first-order valence-electron chi connectivity index (χ1n) is 8.97. The monoisotopic (exact) mass is 353 g/mol. The number of rotatable bonds is 6. The molecule has 1 aromatic heterocycles. The minimum Gasteiger partial charge on any atom is -0.462 e. The molecule has 2 aromatic rings. The summed E-state index contributed by atoms with van der Waals surface area (Å²) < 4.78 is 4.94. The Kier molecular flexibility index (Phi) is 5.84. The summed E-state index contributed by atoms with van der Waals surface area (Å²) in [6.45, 7) is 2.09. The van der Waals surface area contributed by atoms with Crippen molar-refractivity contribution in [2.75, 3.05) is 17.2 Å². The summed E-state index contributed by atoms with van der Waals surface area (Å²) in [5, 5.41) is 6.26. The van der Waals surface area contributed by atoms with E-state index in [-0.39, 0.29) is 11.9 Å². The number of ether oxygens (including phenoxy) is 1. The summed E-state index contributed by atoms with van der Waals surface area (Å²) in [6.07, 6.45) is 6.46. The molecule has 1 amide bonds. The zero-order chi connectivity index (χ0) is 18.4. The second-order valence-electron chi connectivity index (χ2n) is 6.31. The molecule has 0 spiro atoms. The van der Waals surface area contributed by atoms with Gasteiger partial charge in [-0.2, -0.15) is 0 Å². The van der Waals surface area contributed by atoms with Crippen LogP contribution >= 0.6 is 0 Å². The molecule has 0 radical (unpaired) electrons. The Morgan fingerprint density at radius 2 is 1.85 bits per heavy atom. The lowest BCUT2D eigenvalue weighted by atomic mass is 10.2. The highest BCUT2D eigenvalue weighted by molar-refractivity contribution is 6.03. The zero-order valence-corrected chi connectivity index (χ0v) is 14.8. The maximum absolute atomic E-state index is 12.4. The van der Waals surface area contributed by atoms with Gasteiger partial charge in [-0.1, -0.05) is 12.8 Å². The molecule has 1 aromatic carbocycles. The molecule has 1 aliphatic rings. The van der Waals surface area contributed by atoms with E-state index in [0.717, 1.165) is 18.5 Å². The van der Waals surface area contributed by atoms with Crippen LogP contribution in [0.4, 0.5) is 11.4 Å². The summed E-state index contributed by atoms with van der Waals surface area (Å²) in [7, 11) is 0. The van der Waals surface area contributed by atoms with Crippen LogP contribution in [0.5, 0.6) is 0 Å². The second-order valence-corrected chi connectivity index (χ2v) is 6.31. The lowest BCUT2D eigenvalue weighted by Crippen LogP contribution is -2.17. The van der Waals surface area contributed by atoms with E-state index in [2.05, 4.69) is 15.6 Å². The molecular formula is C20H23N3O3.